The number of nitro benzene ring substituents is 1. The first-order valence-corrected chi connectivity index (χ1v) is 5.24. The van der Waals surface area contributed by atoms with Crippen molar-refractivity contribution in [2.45, 2.75) is 0 Å². The van der Waals surface area contributed by atoms with Gasteiger partial charge in [0.25, 0.3) is 11.6 Å². The molecule has 0 atom stereocenters. The molecule has 19 heavy (non-hydrogen) atoms. The van der Waals surface area contributed by atoms with Crippen LogP contribution in [0.4, 0.5) is 15.8 Å². The molecule has 0 aliphatic heterocycles. The van der Waals surface area contributed by atoms with Gasteiger partial charge in [-0.3, -0.25) is 19.9 Å². The second-order valence-electron chi connectivity index (χ2n) is 3.59. The molecule has 96 valence electrons. The number of carbonyl (C=O) groups excluding carboxylic acids is 1. The molecule has 0 unspecified atom stereocenters. The molecular weight excluding hydrogens is 253 g/mol. The second-order valence-corrected chi connectivity index (χ2v) is 3.59. The van der Waals surface area contributed by atoms with Gasteiger partial charge in [0, 0.05) is 6.20 Å². The Kier molecular flexibility index (Phi) is 3.46. The van der Waals surface area contributed by atoms with Crippen LogP contribution in [-0.2, 0) is 0 Å². The highest BCUT2D eigenvalue weighted by atomic mass is 19.1. The van der Waals surface area contributed by atoms with Crippen LogP contribution in [-0.4, -0.2) is 15.8 Å². The molecule has 1 heterocycles. The quantitative estimate of drug-likeness (QED) is 0.679. The maximum Gasteiger partial charge on any atom is 0.295 e. The summed E-state index contributed by atoms with van der Waals surface area (Å²) in [5.41, 5.74) is -0.479. The lowest BCUT2D eigenvalue weighted by Gasteiger charge is -2.05. The Labute approximate surface area is 107 Å². The fraction of sp³-hybridized carbons (Fsp3) is 0. The molecule has 1 amide bonds. The second kappa shape index (κ2) is 5.21. The number of carbonyl (C=O) groups is 1. The van der Waals surface area contributed by atoms with Crippen LogP contribution in [0.15, 0.2) is 42.6 Å². The van der Waals surface area contributed by atoms with E-state index < -0.39 is 22.3 Å². The van der Waals surface area contributed by atoms with Crippen molar-refractivity contribution in [2.75, 3.05) is 5.32 Å². The first-order valence-electron chi connectivity index (χ1n) is 5.24. The molecule has 0 saturated carbocycles. The molecule has 6 nitrogen and oxygen atoms in total. The van der Waals surface area contributed by atoms with Crippen molar-refractivity contribution in [1.82, 2.24) is 4.98 Å². The van der Waals surface area contributed by atoms with Crippen LogP contribution in [0.3, 0.4) is 0 Å². The highest BCUT2D eigenvalue weighted by Gasteiger charge is 2.17. The van der Waals surface area contributed by atoms with E-state index in [2.05, 4.69) is 10.3 Å². The molecule has 0 aliphatic carbocycles. The highest BCUT2D eigenvalue weighted by molar-refractivity contribution is 6.04. The molecule has 1 aromatic heterocycles. The summed E-state index contributed by atoms with van der Waals surface area (Å²) in [6.45, 7) is 0. The predicted molar refractivity (Wildman–Crippen MR) is 65.2 cm³/mol. The number of amides is 1. The maximum atomic E-state index is 12.9. The molecule has 2 aromatic rings. The van der Waals surface area contributed by atoms with Crippen molar-refractivity contribution in [3.8, 4) is 0 Å². The minimum absolute atomic E-state index is 0.0814. The average Bonchev–Trinajstić information content (AvgIpc) is 2.41. The third-order valence-electron chi connectivity index (χ3n) is 2.30. The van der Waals surface area contributed by atoms with E-state index in [-0.39, 0.29) is 11.4 Å². The number of nitrogens with one attached hydrogen (secondary N) is 1. The largest absolute Gasteiger partial charge is 0.315 e. The predicted octanol–water partition coefficient (Wildman–Crippen LogP) is 2.38. The van der Waals surface area contributed by atoms with Crippen LogP contribution >= 0.6 is 0 Å². The topological polar surface area (TPSA) is 85.1 Å². The molecule has 0 saturated heterocycles. The molecule has 1 aromatic carbocycles. The van der Waals surface area contributed by atoms with Gasteiger partial charge in [0.05, 0.1) is 11.0 Å². The zero-order valence-electron chi connectivity index (χ0n) is 9.54. The van der Waals surface area contributed by atoms with Gasteiger partial charge in [-0.2, -0.15) is 0 Å². The number of nitro groups is 1. The molecule has 0 aliphatic rings. The standard InChI is InChI=1S/C12H8FN3O3/c13-8-4-5-9(11(7-8)16(18)19)15-12(17)10-3-1-2-6-14-10/h1-7H,(H,15,17). The number of pyridine rings is 1. The molecule has 0 spiro atoms. The number of rotatable bonds is 3. The summed E-state index contributed by atoms with van der Waals surface area (Å²) in [5.74, 6) is -1.35. The average molecular weight is 261 g/mol. The number of halogens is 1. The Morgan fingerprint density at radius 1 is 1.32 bits per heavy atom. The SMILES string of the molecule is O=C(Nc1ccc(F)cc1[N+](=O)[O-])c1ccccn1. The molecule has 0 radical (unpaired) electrons. The normalized spacial score (nSPS) is 9.95. The van der Waals surface area contributed by atoms with Crippen molar-refractivity contribution < 1.29 is 14.1 Å². The van der Waals surface area contributed by atoms with Crippen molar-refractivity contribution in [1.29, 1.82) is 0 Å². The van der Waals surface area contributed by atoms with E-state index in [1.54, 1.807) is 12.1 Å². The molecule has 0 bridgehead atoms. The van der Waals surface area contributed by atoms with Crippen LogP contribution in [0.25, 0.3) is 0 Å². The molecular formula is C12H8FN3O3. The van der Waals surface area contributed by atoms with E-state index in [0.717, 1.165) is 18.2 Å². The lowest BCUT2D eigenvalue weighted by Crippen LogP contribution is -2.14. The monoisotopic (exact) mass is 261 g/mol. The minimum Gasteiger partial charge on any atom is -0.315 e. The maximum absolute atomic E-state index is 12.9. The Morgan fingerprint density at radius 3 is 2.74 bits per heavy atom. The van der Waals surface area contributed by atoms with Crippen LogP contribution < -0.4 is 5.32 Å². The summed E-state index contributed by atoms with van der Waals surface area (Å²) in [6, 6.07) is 7.62. The minimum atomic E-state index is -0.767. The van der Waals surface area contributed by atoms with E-state index >= 15 is 0 Å². The molecule has 1 N–H and O–H groups in total. The third kappa shape index (κ3) is 2.89. The zero-order valence-corrected chi connectivity index (χ0v) is 9.54. The van der Waals surface area contributed by atoms with Crippen molar-refractivity contribution in [3.05, 3.63) is 64.2 Å². The molecule has 2 rings (SSSR count). The van der Waals surface area contributed by atoms with E-state index in [9.17, 15) is 19.3 Å². The van der Waals surface area contributed by atoms with Crippen LogP contribution in [0.5, 0.6) is 0 Å². The van der Waals surface area contributed by atoms with Gasteiger partial charge in [-0.05, 0) is 24.3 Å². The summed E-state index contributed by atoms with van der Waals surface area (Å²) in [6.07, 6.45) is 1.42. The fourth-order valence-corrected chi connectivity index (χ4v) is 1.44. The van der Waals surface area contributed by atoms with Gasteiger partial charge >= 0.3 is 0 Å². The van der Waals surface area contributed by atoms with E-state index in [0.29, 0.717) is 0 Å². The van der Waals surface area contributed by atoms with E-state index in [1.165, 1.54) is 12.3 Å². The van der Waals surface area contributed by atoms with Gasteiger partial charge in [0.1, 0.15) is 17.2 Å². The number of benzene rings is 1. The van der Waals surface area contributed by atoms with Crippen LogP contribution in [0.2, 0.25) is 0 Å². The van der Waals surface area contributed by atoms with Gasteiger partial charge in [-0.15, -0.1) is 0 Å². The summed E-state index contributed by atoms with van der Waals surface area (Å²) >= 11 is 0. The third-order valence-corrected chi connectivity index (χ3v) is 2.30. The molecule has 0 fully saturated rings. The van der Waals surface area contributed by atoms with Gasteiger partial charge in [-0.25, -0.2) is 4.39 Å². The van der Waals surface area contributed by atoms with Gasteiger partial charge in [0.15, 0.2) is 0 Å². The number of aromatic nitrogens is 1. The summed E-state index contributed by atoms with van der Waals surface area (Å²) < 4.78 is 12.9. The van der Waals surface area contributed by atoms with Gasteiger partial charge in [0.2, 0.25) is 0 Å². The summed E-state index contributed by atoms with van der Waals surface area (Å²) in [5, 5.41) is 13.1. The first-order chi connectivity index (χ1) is 9.08. The Bertz CT molecular complexity index is 631. The summed E-state index contributed by atoms with van der Waals surface area (Å²) in [4.78, 5) is 25.6. The number of nitrogens with zero attached hydrogens (tertiary/aromatic N) is 2. The summed E-state index contributed by atoms with van der Waals surface area (Å²) in [7, 11) is 0. The smallest absolute Gasteiger partial charge is 0.295 e. The van der Waals surface area contributed by atoms with E-state index in [4.69, 9.17) is 0 Å². The van der Waals surface area contributed by atoms with Crippen LogP contribution in [0, 0.1) is 15.9 Å². The van der Waals surface area contributed by atoms with Crippen molar-refractivity contribution >= 4 is 17.3 Å². The van der Waals surface area contributed by atoms with E-state index in [1.807, 2.05) is 0 Å². The highest BCUT2D eigenvalue weighted by Crippen LogP contribution is 2.25. The Hall–Kier alpha value is -2.83. The fourth-order valence-electron chi connectivity index (χ4n) is 1.44. The number of anilines is 1. The molecule has 7 heteroatoms. The first kappa shape index (κ1) is 12.6. The van der Waals surface area contributed by atoms with Gasteiger partial charge in [-0.1, -0.05) is 6.07 Å². The van der Waals surface area contributed by atoms with Crippen LogP contribution in [0.1, 0.15) is 10.5 Å². The Morgan fingerprint density at radius 2 is 2.11 bits per heavy atom. The lowest BCUT2D eigenvalue weighted by atomic mass is 10.2. The zero-order chi connectivity index (χ0) is 13.8. The van der Waals surface area contributed by atoms with Gasteiger partial charge < -0.3 is 5.32 Å². The van der Waals surface area contributed by atoms with Crippen molar-refractivity contribution in [3.63, 3.8) is 0 Å². The lowest BCUT2D eigenvalue weighted by molar-refractivity contribution is -0.384. The van der Waals surface area contributed by atoms with Crippen molar-refractivity contribution in [2.24, 2.45) is 0 Å². The number of hydrogen-bond donors (Lipinski definition) is 1. The Balaban J connectivity index is 2.29. The number of hydrogen-bond acceptors (Lipinski definition) is 4.